The Labute approximate surface area is 295 Å². The topological polar surface area (TPSA) is 218 Å². The number of rotatable bonds is 16. The number of aliphatic hydroxyl groups excluding tert-OH is 1. The van der Waals surface area contributed by atoms with Crippen LogP contribution in [0.15, 0.2) is 47.5 Å². The molecule has 1 spiro atoms. The molecule has 1 aliphatic heterocycles. The number of hydrogen-bond acceptors (Lipinski definition) is 10. The molecule has 0 aromatic carbocycles. The summed E-state index contributed by atoms with van der Waals surface area (Å²) in [6.07, 6.45) is 13.1. The number of aliphatic hydroxyl groups is 1. The first-order chi connectivity index (χ1) is 23.9. The van der Waals surface area contributed by atoms with Crippen LogP contribution in [0.25, 0.3) is 0 Å². The minimum absolute atomic E-state index is 0.0174. The number of carbonyl (C=O) groups is 5. The fourth-order valence-corrected chi connectivity index (χ4v) is 10.1. The summed E-state index contributed by atoms with van der Waals surface area (Å²) in [4.78, 5) is 66.7. The van der Waals surface area contributed by atoms with E-state index in [1.807, 2.05) is 17.4 Å². The quantitative estimate of drug-likeness (QED) is 0.0827. The van der Waals surface area contributed by atoms with Gasteiger partial charge in [-0.25, -0.2) is 4.79 Å². The van der Waals surface area contributed by atoms with Gasteiger partial charge in [0.15, 0.2) is 0 Å². The minimum atomic E-state index is -2.20. The van der Waals surface area contributed by atoms with E-state index in [9.17, 15) is 34.2 Å². The number of amides is 2. The highest BCUT2D eigenvalue weighted by molar-refractivity contribution is 8.00. The van der Waals surface area contributed by atoms with E-state index in [1.165, 1.54) is 17.3 Å². The summed E-state index contributed by atoms with van der Waals surface area (Å²) < 4.78 is 6.34. The Morgan fingerprint density at radius 2 is 1.70 bits per heavy atom. The van der Waals surface area contributed by atoms with Crippen molar-refractivity contribution in [2.24, 2.45) is 22.5 Å². The first kappa shape index (κ1) is 37.5. The Bertz CT molecular complexity index is 1520. The molecular weight excluding hydrogens is 664 g/mol. The maximum absolute atomic E-state index is 13.8. The number of nitrogens with one attached hydrogen (secondary N) is 2. The number of hydrogen-bond donors (Lipinski definition) is 6. The van der Waals surface area contributed by atoms with Crippen LogP contribution in [-0.4, -0.2) is 79.3 Å². The monoisotopic (exact) mass is 712 g/mol. The van der Waals surface area contributed by atoms with Crippen LogP contribution in [0.5, 0.6) is 0 Å². The average Bonchev–Trinajstić information content (AvgIpc) is 3.84. The molecule has 5 rings (SSSR count). The van der Waals surface area contributed by atoms with Crippen LogP contribution in [0.2, 0.25) is 0 Å². The highest BCUT2D eigenvalue weighted by Gasteiger charge is 2.55. The number of nitrogens with zero attached hydrogens (tertiary/aromatic N) is 1. The average molecular weight is 713 g/mol. The molecule has 2 fully saturated rings. The lowest BCUT2D eigenvalue weighted by Crippen LogP contribution is -2.53. The van der Waals surface area contributed by atoms with Crippen LogP contribution < -0.4 is 16.4 Å². The molecule has 1 aromatic rings. The Morgan fingerprint density at radius 3 is 2.32 bits per heavy atom. The fourth-order valence-electron chi connectivity index (χ4n) is 8.40. The summed E-state index contributed by atoms with van der Waals surface area (Å²) in [6, 6.07) is 1.43. The molecule has 0 bridgehead atoms. The number of nitrogens with two attached hydrogens (primary N) is 1. The summed E-state index contributed by atoms with van der Waals surface area (Å²) >= 11 is 1.40. The van der Waals surface area contributed by atoms with Crippen molar-refractivity contribution in [1.29, 1.82) is 0 Å². The zero-order valence-corrected chi connectivity index (χ0v) is 29.2. The van der Waals surface area contributed by atoms with Crippen molar-refractivity contribution in [1.82, 2.24) is 15.6 Å². The molecule has 0 saturated heterocycles. The van der Waals surface area contributed by atoms with E-state index in [-0.39, 0.29) is 40.6 Å². The SMILES string of the molecule is CCC1([C@@H](SC[C@H](NC(=O)CC[C@H](N)C(=O)O)C(=O)N[C@@H](O)C(=O)O)C2=C3[C@@H](C=C(Cc4ccncc4)CC34CCCC4)C(=O)O2)CCCC1. The first-order valence-electron chi connectivity index (χ1n) is 17.5. The van der Waals surface area contributed by atoms with Gasteiger partial charge in [-0.3, -0.25) is 24.2 Å². The van der Waals surface area contributed by atoms with Gasteiger partial charge in [0.05, 0.1) is 5.25 Å². The number of thioether (sulfide) groups is 1. The molecule has 2 heterocycles. The van der Waals surface area contributed by atoms with Crippen molar-refractivity contribution in [3.63, 3.8) is 0 Å². The number of carboxylic acid groups (broad SMARTS) is 2. The number of allylic oxidation sites excluding steroid dienone is 1. The molecule has 14 heteroatoms. The Balaban J connectivity index is 1.48. The second-order valence-electron chi connectivity index (χ2n) is 14.2. The lowest BCUT2D eigenvalue weighted by Gasteiger charge is -2.41. The number of esters is 1. The van der Waals surface area contributed by atoms with E-state index in [2.05, 4.69) is 23.3 Å². The molecule has 1 aromatic heterocycles. The fraction of sp³-hybridized carbons (Fsp3) is 0.611. The van der Waals surface area contributed by atoms with Gasteiger partial charge in [0.2, 0.25) is 18.0 Å². The lowest BCUT2D eigenvalue weighted by atomic mass is 9.63. The predicted octanol–water partition coefficient (Wildman–Crippen LogP) is 3.21. The number of carbonyl (C=O) groups excluding carboxylic acids is 3. The van der Waals surface area contributed by atoms with Crippen LogP contribution in [0, 0.1) is 16.7 Å². The molecule has 7 N–H and O–H groups in total. The summed E-state index contributed by atoms with van der Waals surface area (Å²) in [6.45, 7) is 2.12. The van der Waals surface area contributed by atoms with Crippen LogP contribution in [0.4, 0.5) is 0 Å². The van der Waals surface area contributed by atoms with Gasteiger partial charge in [0.1, 0.15) is 23.8 Å². The number of pyridine rings is 1. The summed E-state index contributed by atoms with van der Waals surface area (Å²) in [5.74, 6) is -4.64. The third kappa shape index (κ3) is 8.24. The zero-order chi connectivity index (χ0) is 36.1. The van der Waals surface area contributed by atoms with Crippen molar-refractivity contribution in [2.45, 2.75) is 114 Å². The largest absolute Gasteiger partial charge is 0.480 e. The van der Waals surface area contributed by atoms with Crippen molar-refractivity contribution in [3.8, 4) is 0 Å². The number of fused-ring (bicyclic) bond motifs is 2. The second-order valence-corrected chi connectivity index (χ2v) is 15.3. The van der Waals surface area contributed by atoms with Gasteiger partial charge in [0, 0.05) is 24.6 Å². The van der Waals surface area contributed by atoms with Gasteiger partial charge in [-0.15, -0.1) is 11.8 Å². The van der Waals surface area contributed by atoms with Gasteiger partial charge in [-0.05, 0) is 85.5 Å². The number of aliphatic carboxylic acids is 2. The molecule has 272 valence electrons. The van der Waals surface area contributed by atoms with Gasteiger partial charge >= 0.3 is 17.9 Å². The van der Waals surface area contributed by atoms with Gasteiger partial charge in [-0.2, -0.15) is 0 Å². The molecule has 5 atom stereocenters. The maximum atomic E-state index is 13.8. The Morgan fingerprint density at radius 1 is 1.04 bits per heavy atom. The number of carboxylic acids is 2. The molecule has 2 saturated carbocycles. The van der Waals surface area contributed by atoms with Crippen LogP contribution >= 0.6 is 11.8 Å². The standard InChI is InChI=1S/C36H48N4O9S/c1-2-35(11-3-4-12-35)29(50-20-25(30(42)40-31(43)33(46)47)39-26(41)8-7-24(37)32(44)45)28-27-23(34(48)49-28)18-22(17-21-9-15-38-16-10-21)19-36(27)13-5-6-14-36/h9-10,15-16,18,23-25,29,31,43H,2-8,11-14,17,19-20,37H2,1H3,(H,39,41)(H,40,42)(H,44,45)(H,46,47)/t23-,24+,25+,29+,31+/m1/s1. The van der Waals surface area contributed by atoms with Crippen molar-refractivity contribution in [3.05, 3.63) is 53.1 Å². The molecule has 4 aliphatic rings. The highest BCUT2D eigenvalue weighted by Crippen LogP contribution is 2.61. The van der Waals surface area contributed by atoms with Gasteiger partial charge in [-0.1, -0.05) is 44.3 Å². The van der Waals surface area contributed by atoms with E-state index in [0.717, 1.165) is 81.8 Å². The molecule has 0 radical (unpaired) electrons. The number of cyclic esters (lactones) is 1. The summed E-state index contributed by atoms with van der Waals surface area (Å²) in [5.41, 5.74) is 8.48. The minimum Gasteiger partial charge on any atom is -0.480 e. The molecular formula is C36H48N4O9S. The second kappa shape index (κ2) is 16.1. The molecule has 13 nitrogen and oxygen atoms in total. The maximum Gasteiger partial charge on any atom is 0.353 e. The van der Waals surface area contributed by atoms with Crippen molar-refractivity contribution < 1.29 is 44.0 Å². The molecule has 2 amide bonds. The van der Waals surface area contributed by atoms with E-state index in [4.69, 9.17) is 15.6 Å². The number of aromatic nitrogens is 1. The third-order valence-corrected chi connectivity index (χ3v) is 12.6. The van der Waals surface area contributed by atoms with Gasteiger partial charge in [0.25, 0.3) is 0 Å². The van der Waals surface area contributed by atoms with Crippen LogP contribution in [0.1, 0.15) is 89.5 Å². The van der Waals surface area contributed by atoms with Gasteiger partial charge < -0.3 is 36.4 Å². The predicted molar refractivity (Wildman–Crippen MR) is 184 cm³/mol. The normalized spacial score (nSPS) is 23.0. The van der Waals surface area contributed by atoms with E-state index >= 15 is 0 Å². The van der Waals surface area contributed by atoms with Crippen molar-refractivity contribution >= 4 is 41.5 Å². The summed E-state index contributed by atoms with van der Waals surface area (Å²) in [7, 11) is 0. The molecule has 0 unspecified atom stereocenters. The highest BCUT2D eigenvalue weighted by atomic mass is 32.2. The smallest absolute Gasteiger partial charge is 0.353 e. The number of ether oxygens (including phenoxy) is 1. The molecule has 3 aliphatic carbocycles. The Kier molecular flexibility index (Phi) is 12.1. The van der Waals surface area contributed by atoms with E-state index in [1.54, 1.807) is 12.4 Å². The van der Waals surface area contributed by atoms with Crippen LogP contribution in [0.3, 0.4) is 0 Å². The van der Waals surface area contributed by atoms with E-state index < -0.39 is 48.0 Å². The lowest BCUT2D eigenvalue weighted by molar-refractivity contribution is -0.151. The zero-order valence-electron chi connectivity index (χ0n) is 28.4. The Hall–Kier alpha value is -3.75. The van der Waals surface area contributed by atoms with E-state index in [0.29, 0.717) is 5.76 Å². The third-order valence-electron chi connectivity index (χ3n) is 11.0. The van der Waals surface area contributed by atoms with Crippen molar-refractivity contribution in [2.75, 3.05) is 5.75 Å². The molecule has 50 heavy (non-hydrogen) atoms. The van der Waals surface area contributed by atoms with Crippen LogP contribution in [-0.2, 0) is 35.1 Å². The summed E-state index contributed by atoms with van der Waals surface area (Å²) in [5, 5.41) is 32.5. The first-order valence-corrected chi connectivity index (χ1v) is 18.6.